The molecule has 0 spiro atoms. The molecule has 1 aromatic heterocycles. The van der Waals surface area contributed by atoms with Gasteiger partial charge in [-0.05, 0) is 42.0 Å². The largest absolute Gasteiger partial charge is 0.465 e. The molecule has 2 aromatic carbocycles. The molecule has 28 heavy (non-hydrogen) atoms. The van der Waals surface area contributed by atoms with Crippen LogP contribution < -0.4 is 10.9 Å². The number of amides is 1. The molecule has 8 heteroatoms. The summed E-state index contributed by atoms with van der Waals surface area (Å²) in [6.07, 6.45) is 1.61. The number of halogens is 1. The zero-order chi connectivity index (χ0) is 20.3. The standard InChI is InChI=1S/C20H16ClN3O4/c1-22-18(25)12-5-3-11(4-6-12)9-15(21)17-23-16-10-13(20(27)28-2)7-8-14(16)19(26)24-17/h3-10H,1-2H3,(H,22,25)(H,23,24,26)/b15-9-. The van der Waals surface area contributed by atoms with Gasteiger partial charge in [0.1, 0.15) is 0 Å². The molecule has 0 fully saturated rings. The Morgan fingerprint density at radius 2 is 1.82 bits per heavy atom. The van der Waals surface area contributed by atoms with Gasteiger partial charge in [-0.2, -0.15) is 0 Å². The molecule has 0 aliphatic carbocycles. The molecule has 0 unspecified atom stereocenters. The number of ether oxygens (including phenoxy) is 1. The van der Waals surface area contributed by atoms with Crippen molar-refractivity contribution in [1.82, 2.24) is 15.3 Å². The fourth-order valence-electron chi connectivity index (χ4n) is 2.59. The summed E-state index contributed by atoms with van der Waals surface area (Å²) >= 11 is 6.33. The summed E-state index contributed by atoms with van der Waals surface area (Å²) in [5.41, 5.74) is 1.47. The third-order valence-electron chi connectivity index (χ3n) is 4.05. The number of methoxy groups -OCH3 is 1. The van der Waals surface area contributed by atoms with Crippen LogP contribution in [0.1, 0.15) is 32.1 Å². The smallest absolute Gasteiger partial charge is 0.337 e. The second-order valence-corrected chi connectivity index (χ2v) is 6.24. The van der Waals surface area contributed by atoms with Crippen LogP contribution in [0.15, 0.2) is 47.3 Å². The Hall–Kier alpha value is -3.45. The molecular weight excluding hydrogens is 382 g/mol. The van der Waals surface area contributed by atoms with Crippen molar-refractivity contribution in [3.8, 4) is 0 Å². The van der Waals surface area contributed by atoms with Gasteiger partial charge in [0.25, 0.3) is 11.5 Å². The predicted octanol–water partition coefficient (Wildman–Crippen LogP) is 2.81. The van der Waals surface area contributed by atoms with Crippen LogP contribution >= 0.6 is 11.6 Å². The van der Waals surface area contributed by atoms with Crippen molar-refractivity contribution in [3.05, 3.63) is 75.3 Å². The lowest BCUT2D eigenvalue weighted by atomic mass is 10.1. The second kappa shape index (κ2) is 8.06. The van der Waals surface area contributed by atoms with E-state index in [4.69, 9.17) is 11.6 Å². The van der Waals surface area contributed by atoms with E-state index in [1.165, 1.54) is 25.3 Å². The van der Waals surface area contributed by atoms with Gasteiger partial charge in [0, 0.05) is 12.6 Å². The van der Waals surface area contributed by atoms with Crippen molar-refractivity contribution >= 4 is 45.5 Å². The zero-order valence-electron chi connectivity index (χ0n) is 15.1. The van der Waals surface area contributed by atoms with Crippen molar-refractivity contribution in [1.29, 1.82) is 0 Å². The SMILES string of the molecule is CNC(=O)c1ccc(/C=C(\Cl)c2nc3cc(C(=O)OC)ccc3c(=O)[nH]2)cc1. The molecule has 142 valence electrons. The number of aromatic nitrogens is 2. The van der Waals surface area contributed by atoms with Crippen molar-refractivity contribution in [2.24, 2.45) is 0 Å². The highest BCUT2D eigenvalue weighted by Gasteiger charge is 2.11. The Morgan fingerprint density at radius 3 is 2.46 bits per heavy atom. The van der Waals surface area contributed by atoms with E-state index in [9.17, 15) is 14.4 Å². The first-order valence-electron chi connectivity index (χ1n) is 8.25. The Labute approximate surface area is 165 Å². The van der Waals surface area contributed by atoms with Crippen LogP contribution in [0.4, 0.5) is 0 Å². The summed E-state index contributed by atoms with van der Waals surface area (Å²) in [7, 11) is 2.83. The van der Waals surface area contributed by atoms with Gasteiger partial charge in [0.05, 0.1) is 28.6 Å². The summed E-state index contributed by atoms with van der Waals surface area (Å²) in [5.74, 6) is -0.552. The highest BCUT2D eigenvalue weighted by molar-refractivity contribution is 6.50. The number of carbonyl (C=O) groups is 2. The lowest BCUT2D eigenvalue weighted by Gasteiger charge is -2.05. The molecule has 0 saturated carbocycles. The number of rotatable bonds is 4. The maximum Gasteiger partial charge on any atom is 0.337 e. The average Bonchev–Trinajstić information content (AvgIpc) is 2.72. The number of benzene rings is 2. The molecular formula is C20H16ClN3O4. The number of nitrogens with zero attached hydrogens (tertiary/aromatic N) is 1. The fourth-order valence-corrected chi connectivity index (χ4v) is 2.80. The maximum absolute atomic E-state index is 12.3. The van der Waals surface area contributed by atoms with E-state index in [0.29, 0.717) is 16.5 Å². The third-order valence-corrected chi connectivity index (χ3v) is 4.34. The van der Waals surface area contributed by atoms with Gasteiger partial charge in [-0.25, -0.2) is 9.78 Å². The Bertz CT molecular complexity index is 1150. The van der Waals surface area contributed by atoms with Crippen LogP contribution in [0.3, 0.4) is 0 Å². The van der Waals surface area contributed by atoms with Crippen LogP contribution in [0.2, 0.25) is 0 Å². The maximum atomic E-state index is 12.3. The summed E-state index contributed by atoms with van der Waals surface area (Å²) < 4.78 is 4.69. The summed E-state index contributed by atoms with van der Waals surface area (Å²) in [4.78, 5) is 42.6. The molecule has 7 nitrogen and oxygen atoms in total. The monoisotopic (exact) mass is 397 g/mol. The molecule has 1 amide bonds. The Morgan fingerprint density at radius 1 is 1.14 bits per heavy atom. The predicted molar refractivity (Wildman–Crippen MR) is 107 cm³/mol. The first-order chi connectivity index (χ1) is 13.4. The number of aromatic amines is 1. The van der Waals surface area contributed by atoms with Crippen LogP contribution in [0.25, 0.3) is 22.0 Å². The van der Waals surface area contributed by atoms with Crippen molar-refractivity contribution in [3.63, 3.8) is 0 Å². The topological polar surface area (TPSA) is 101 Å². The summed E-state index contributed by atoms with van der Waals surface area (Å²) in [5, 5.41) is 3.08. The lowest BCUT2D eigenvalue weighted by molar-refractivity contribution is 0.0600. The molecule has 0 radical (unpaired) electrons. The molecule has 0 atom stereocenters. The summed E-state index contributed by atoms with van der Waals surface area (Å²) in [6, 6.07) is 11.2. The molecule has 0 aliphatic heterocycles. The van der Waals surface area contributed by atoms with Crippen molar-refractivity contribution < 1.29 is 14.3 Å². The first kappa shape index (κ1) is 19.3. The molecule has 0 saturated heterocycles. The van der Waals surface area contributed by atoms with E-state index in [1.807, 2.05) is 0 Å². The lowest BCUT2D eigenvalue weighted by Crippen LogP contribution is -2.17. The fraction of sp³-hybridized carbons (Fsp3) is 0.100. The molecule has 3 rings (SSSR count). The zero-order valence-corrected chi connectivity index (χ0v) is 15.8. The quantitative estimate of drug-likeness (QED) is 0.659. The van der Waals surface area contributed by atoms with Crippen LogP contribution in [0.5, 0.6) is 0 Å². The van der Waals surface area contributed by atoms with Crippen LogP contribution in [-0.2, 0) is 4.74 Å². The van der Waals surface area contributed by atoms with Crippen LogP contribution in [-0.4, -0.2) is 36.0 Å². The van der Waals surface area contributed by atoms with Crippen molar-refractivity contribution in [2.75, 3.05) is 14.2 Å². The molecule has 3 aromatic rings. The average molecular weight is 398 g/mol. The minimum absolute atomic E-state index is 0.163. The highest BCUT2D eigenvalue weighted by Crippen LogP contribution is 2.21. The first-order valence-corrected chi connectivity index (χ1v) is 8.63. The Balaban J connectivity index is 1.99. The minimum atomic E-state index is -0.525. The number of nitrogens with one attached hydrogen (secondary N) is 2. The highest BCUT2D eigenvalue weighted by atomic mass is 35.5. The van der Waals surface area contributed by atoms with Crippen LogP contribution in [0, 0.1) is 0 Å². The van der Waals surface area contributed by atoms with Crippen molar-refractivity contribution in [2.45, 2.75) is 0 Å². The van der Waals surface area contributed by atoms with E-state index < -0.39 is 5.97 Å². The van der Waals surface area contributed by atoms with Gasteiger partial charge >= 0.3 is 5.97 Å². The number of carbonyl (C=O) groups excluding carboxylic acids is 2. The number of esters is 1. The number of fused-ring (bicyclic) bond motifs is 1. The molecule has 0 aliphatic rings. The number of H-pyrrole nitrogens is 1. The number of hydrogen-bond acceptors (Lipinski definition) is 5. The van der Waals surface area contributed by atoms with E-state index >= 15 is 0 Å². The van der Waals surface area contributed by atoms with Gasteiger partial charge in [-0.1, -0.05) is 23.7 Å². The van der Waals surface area contributed by atoms with Gasteiger partial charge in [0.15, 0.2) is 5.82 Å². The van der Waals surface area contributed by atoms with E-state index in [2.05, 4.69) is 20.0 Å². The van der Waals surface area contributed by atoms with Gasteiger partial charge in [0.2, 0.25) is 0 Å². The Kier molecular flexibility index (Phi) is 5.56. The van der Waals surface area contributed by atoms with E-state index in [-0.39, 0.29) is 27.9 Å². The van der Waals surface area contributed by atoms with E-state index in [0.717, 1.165) is 5.56 Å². The summed E-state index contributed by atoms with van der Waals surface area (Å²) in [6.45, 7) is 0. The second-order valence-electron chi connectivity index (χ2n) is 5.83. The van der Waals surface area contributed by atoms with Gasteiger partial charge in [-0.3, -0.25) is 9.59 Å². The van der Waals surface area contributed by atoms with Gasteiger partial charge in [-0.15, -0.1) is 0 Å². The molecule has 0 bridgehead atoms. The molecule has 1 heterocycles. The minimum Gasteiger partial charge on any atom is -0.465 e. The normalized spacial score (nSPS) is 11.3. The van der Waals surface area contributed by atoms with E-state index in [1.54, 1.807) is 37.4 Å². The van der Waals surface area contributed by atoms with Gasteiger partial charge < -0.3 is 15.0 Å². The third kappa shape index (κ3) is 3.94. The number of hydrogen-bond donors (Lipinski definition) is 2. The molecule has 2 N–H and O–H groups in total.